The van der Waals surface area contributed by atoms with Gasteiger partial charge < -0.3 is 19.1 Å². The third-order valence-corrected chi connectivity index (χ3v) is 6.26. The van der Waals surface area contributed by atoms with Crippen LogP contribution in [0.4, 0.5) is 5.82 Å². The molecule has 0 spiro atoms. The number of ether oxygens (including phenoxy) is 3. The second-order valence-corrected chi connectivity index (χ2v) is 7.89. The SMILES string of the molecule is COc1ccc2c(c1OC)CN(c1ncnn3c(C)nc(C4CCOCC4)c13)CC2. The number of fused-ring (bicyclic) bond motifs is 2. The Morgan fingerprint density at radius 1 is 1.13 bits per heavy atom. The van der Waals surface area contributed by atoms with E-state index in [0.717, 1.165) is 78.9 Å². The Hall–Kier alpha value is -2.87. The van der Waals surface area contributed by atoms with Crippen LogP contribution in [0.1, 0.15) is 41.4 Å². The Labute approximate surface area is 175 Å². The summed E-state index contributed by atoms with van der Waals surface area (Å²) in [6.07, 6.45) is 4.51. The molecule has 4 heterocycles. The Kier molecular flexibility index (Phi) is 4.94. The Balaban J connectivity index is 1.59. The minimum absolute atomic E-state index is 0.374. The van der Waals surface area contributed by atoms with Gasteiger partial charge in [0.25, 0.3) is 0 Å². The first-order chi connectivity index (χ1) is 14.7. The van der Waals surface area contributed by atoms with E-state index in [9.17, 15) is 0 Å². The minimum Gasteiger partial charge on any atom is -0.493 e. The molecule has 8 heteroatoms. The molecule has 0 amide bonds. The van der Waals surface area contributed by atoms with Gasteiger partial charge >= 0.3 is 0 Å². The summed E-state index contributed by atoms with van der Waals surface area (Å²) in [6, 6.07) is 4.12. The highest BCUT2D eigenvalue weighted by Crippen LogP contribution is 2.39. The number of hydrogen-bond donors (Lipinski definition) is 0. The topological polar surface area (TPSA) is 74.0 Å². The molecule has 0 bridgehead atoms. The second kappa shape index (κ2) is 7.75. The highest BCUT2D eigenvalue weighted by molar-refractivity contribution is 5.73. The molecular formula is C22H27N5O3. The van der Waals surface area contributed by atoms with Gasteiger partial charge in [-0.25, -0.2) is 14.5 Å². The van der Waals surface area contributed by atoms with Gasteiger partial charge in [0, 0.05) is 37.8 Å². The van der Waals surface area contributed by atoms with E-state index in [4.69, 9.17) is 24.2 Å². The molecule has 0 unspecified atom stereocenters. The number of imidazole rings is 1. The lowest BCUT2D eigenvalue weighted by Gasteiger charge is -2.32. The number of nitrogens with zero attached hydrogens (tertiary/aromatic N) is 5. The van der Waals surface area contributed by atoms with Crippen molar-refractivity contribution < 1.29 is 14.2 Å². The highest BCUT2D eigenvalue weighted by atomic mass is 16.5. The number of anilines is 1. The molecule has 0 atom stereocenters. The number of hydrogen-bond acceptors (Lipinski definition) is 7. The fraction of sp³-hybridized carbons (Fsp3) is 0.500. The second-order valence-electron chi connectivity index (χ2n) is 7.89. The summed E-state index contributed by atoms with van der Waals surface area (Å²) in [5.41, 5.74) is 4.56. The Bertz CT molecular complexity index is 1070. The predicted molar refractivity (Wildman–Crippen MR) is 113 cm³/mol. The molecule has 0 N–H and O–H groups in total. The van der Waals surface area contributed by atoms with E-state index in [-0.39, 0.29) is 0 Å². The van der Waals surface area contributed by atoms with Gasteiger partial charge in [-0.05, 0) is 37.8 Å². The molecule has 158 valence electrons. The molecule has 3 aromatic rings. The summed E-state index contributed by atoms with van der Waals surface area (Å²) in [6.45, 7) is 5.15. The molecule has 1 fully saturated rings. The quantitative estimate of drug-likeness (QED) is 0.656. The minimum atomic E-state index is 0.374. The fourth-order valence-electron chi connectivity index (χ4n) is 4.72. The molecule has 5 rings (SSSR count). The Morgan fingerprint density at radius 3 is 2.73 bits per heavy atom. The summed E-state index contributed by atoms with van der Waals surface area (Å²) in [4.78, 5) is 11.9. The van der Waals surface area contributed by atoms with Crippen molar-refractivity contribution in [2.24, 2.45) is 0 Å². The van der Waals surface area contributed by atoms with Crippen LogP contribution >= 0.6 is 0 Å². The van der Waals surface area contributed by atoms with E-state index in [1.807, 2.05) is 17.5 Å². The van der Waals surface area contributed by atoms with Crippen molar-refractivity contribution in [1.82, 2.24) is 19.6 Å². The van der Waals surface area contributed by atoms with Crippen molar-refractivity contribution in [3.63, 3.8) is 0 Å². The summed E-state index contributed by atoms with van der Waals surface area (Å²) in [7, 11) is 3.37. The van der Waals surface area contributed by atoms with Crippen LogP contribution in [0.15, 0.2) is 18.5 Å². The van der Waals surface area contributed by atoms with Crippen LogP contribution in [-0.4, -0.2) is 53.6 Å². The number of methoxy groups -OCH3 is 2. The van der Waals surface area contributed by atoms with Crippen LogP contribution < -0.4 is 14.4 Å². The Morgan fingerprint density at radius 2 is 1.97 bits per heavy atom. The van der Waals surface area contributed by atoms with Crippen molar-refractivity contribution in [3.8, 4) is 11.5 Å². The maximum Gasteiger partial charge on any atom is 0.165 e. The van der Waals surface area contributed by atoms with Gasteiger partial charge in [0.1, 0.15) is 17.7 Å². The van der Waals surface area contributed by atoms with Crippen molar-refractivity contribution in [2.75, 3.05) is 38.9 Å². The van der Waals surface area contributed by atoms with Gasteiger partial charge in [-0.1, -0.05) is 6.07 Å². The zero-order chi connectivity index (χ0) is 20.7. The van der Waals surface area contributed by atoms with E-state index in [1.54, 1.807) is 20.5 Å². The zero-order valence-corrected chi connectivity index (χ0v) is 17.7. The van der Waals surface area contributed by atoms with Gasteiger partial charge in [-0.3, -0.25) is 0 Å². The van der Waals surface area contributed by atoms with Gasteiger partial charge in [-0.2, -0.15) is 5.10 Å². The lowest BCUT2D eigenvalue weighted by atomic mass is 9.95. The van der Waals surface area contributed by atoms with Crippen LogP contribution in [0, 0.1) is 6.92 Å². The van der Waals surface area contributed by atoms with Crippen molar-refractivity contribution in [3.05, 3.63) is 41.1 Å². The third-order valence-electron chi connectivity index (χ3n) is 6.26. The molecule has 1 saturated heterocycles. The number of aromatic nitrogens is 4. The molecule has 0 radical (unpaired) electrons. The van der Waals surface area contributed by atoms with Gasteiger partial charge in [-0.15, -0.1) is 0 Å². The smallest absolute Gasteiger partial charge is 0.165 e. The van der Waals surface area contributed by atoms with E-state index in [1.165, 1.54) is 5.56 Å². The highest BCUT2D eigenvalue weighted by Gasteiger charge is 2.29. The van der Waals surface area contributed by atoms with Crippen LogP contribution in [0.3, 0.4) is 0 Å². The molecule has 0 aliphatic carbocycles. The fourth-order valence-corrected chi connectivity index (χ4v) is 4.72. The van der Waals surface area contributed by atoms with Gasteiger partial charge in [0.2, 0.25) is 0 Å². The standard InChI is InChI=1S/C22H27N5O3/c1-14-25-19(16-7-10-30-11-8-16)20-22(23-13-24-27(14)20)26-9-6-15-4-5-18(28-2)21(29-3)17(15)12-26/h4-5,13,16H,6-12H2,1-3H3. The van der Waals surface area contributed by atoms with E-state index < -0.39 is 0 Å². The average Bonchev–Trinajstić information content (AvgIpc) is 3.15. The van der Waals surface area contributed by atoms with Gasteiger partial charge in [0.15, 0.2) is 17.3 Å². The van der Waals surface area contributed by atoms with Crippen molar-refractivity contribution in [2.45, 2.75) is 38.6 Å². The third kappa shape index (κ3) is 3.06. The average molecular weight is 409 g/mol. The summed E-state index contributed by atoms with van der Waals surface area (Å²) in [5.74, 6) is 3.77. The number of aryl methyl sites for hydroxylation is 1. The van der Waals surface area contributed by atoms with Crippen LogP contribution in [-0.2, 0) is 17.7 Å². The predicted octanol–water partition coefficient (Wildman–Crippen LogP) is 2.91. The molecule has 1 aromatic carbocycles. The summed E-state index contributed by atoms with van der Waals surface area (Å²) >= 11 is 0. The maximum absolute atomic E-state index is 5.71. The van der Waals surface area contributed by atoms with Crippen LogP contribution in [0.2, 0.25) is 0 Å². The lowest BCUT2D eigenvalue weighted by Crippen LogP contribution is -2.32. The molecule has 2 aliphatic heterocycles. The molecule has 2 aromatic heterocycles. The summed E-state index contributed by atoms with van der Waals surface area (Å²) in [5, 5.41) is 4.50. The normalized spacial score (nSPS) is 17.2. The maximum atomic E-state index is 5.71. The van der Waals surface area contributed by atoms with E-state index in [0.29, 0.717) is 12.5 Å². The zero-order valence-electron chi connectivity index (χ0n) is 17.7. The monoisotopic (exact) mass is 409 g/mol. The van der Waals surface area contributed by atoms with E-state index in [2.05, 4.69) is 16.1 Å². The lowest BCUT2D eigenvalue weighted by molar-refractivity contribution is 0.0848. The first kappa shape index (κ1) is 19.1. The van der Waals surface area contributed by atoms with Crippen molar-refractivity contribution >= 4 is 11.3 Å². The largest absolute Gasteiger partial charge is 0.493 e. The first-order valence-corrected chi connectivity index (χ1v) is 10.5. The molecule has 0 saturated carbocycles. The first-order valence-electron chi connectivity index (χ1n) is 10.5. The molecule has 8 nitrogen and oxygen atoms in total. The number of benzene rings is 1. The van der Waals surface area contributed by atoms with Gasteiger partial charge in [0.05, 0.1) is 19.9 Å². The van der Waals surface area contributed by atoms with Crippen molar-refractivity contribution in [1.29, 1.82) is 0 Å². The summed E-state index contributed by atoms with van der Waals surface area (Å²) < 4.78 is 18.7. The molecular weight excluding hydrogens is 382 g/mol. The van der Waals surface area contributed by atoms with Crippen LogP contribution in [0.25, 0.3) is 5.52 Å². The van der Waals surface area contributed by atoms with Crippen LogP contribution in [0.5, 0.6) is 11.5 Å². The molecule has 2 aliphatic rings. The van der Waals surface area contributed by atoms with E-state index >= 15 is 0 Å². The molecule has 30 heavy (non-hydrogen) atoms. The number of rotatable bonds is 4.